The summed E-state index contributed by atoms with van der Waals surface area (Å²) in [5.41, 5.74) is 8.02. The van der Waals surface area contributed by atoms with Gasteiger partial charge in [0.1, 0.15) is 11.6 Å². The predicted octanol–water partition coefficient (Wildman–Crippen LogP) is 5.93. The molecule has 0 spiro atoms. The van der Waals surface area contributed by atoms with Crippen LogP contribution in [0.4, 0.5) is 0 Å². The highest BCUT2D eigenvalue weighted by Gasteiger charge is 2.41. The molecule has 7 rings (SSSR count). The summed E-state index contributed by atoms with van der Waals surface area (Å²) in [5, 5.41) is 7.25. The number of aromatic nitrogens is 4. The van der Waals surface area contributed by atoms with Crippen LogP contribution in [0.2, 0.25) is 0 Å². The fourth-order valence-electron chi connectivity index (χ4n) is 6.26. The Bertz CT molecular complexity index is 1380. The van der Waals surface area contributed by atoms with Crippen molar-refractivity contribution in [3.8, 4) is 33.6 Å². The highest BCUT2D eigenvalue weighted by atomic mass is 15.1. The SMILES string of the molecule is C=C1CCCN[C@@H]1c1ncc(-c2ccc(-c3ccc(-c4cnc([C@H]5N[C@@H]6CC[C@H]5C6)[nH]4)cc3)cc2)[nH]1. The molecule has 2 aliphatic heterocycles. The number of fused-ring (bicyclic) bond motifs is 2. The number of piperidine rings is 2. The number of nitrogens with zero attached hydrogens (tertiary/aromatic N) is 2. The second-order valence-electron chi connectivity index (χ2n) is 10.6. The third kappa shape index (κ3) is 3.91. The van der Waals surface area contributed by atoms with Gasteiger partial charge in [-0.05, 0) is 66.8 Å². The quantitative estimate of drug-likeness (QED) is 0.269. The van der Waals surface area contributed by atoms with Crippen LogP contribution < -0.4 is 10.6 Å². The molecule has 4 aromatic rings. The van der Waals surface area contributed by atoms with E-state index in [1.54, 1.807) is 0 Å². The molecule has 3 aliphatic rings. The van der Waals surface area contributed by atoms with Crippen molar-refractivity contribution < 1.29 is 0 Å². The summed E-state index contributed by atoms with van der Waals surface area (Å²) in [6.45, 7) is 5.23. The topological polar surface area (TPSA) is 81.4 Å². The number of H-pyrrole nitrogens is 2. The van der Waals surface area contributed by atoms with Crippen LogP contribution >= 0.6 is 0 Å². The Balaban J connectivity index is 1.05. The summed E-state index contributed by atoms with van der Waals surface area (Å²) in [4.78, 5) is 16.4. The number of aromatic amines is 2. The van der Waals surface area contributed by atoms with E-state index in [2.05, 4.69) is 80.7 Å². The molecule has 3 fully saturated rings. The standard InChI is InChI=1S/C30H32N6/c1-18-3-2-14-31-27(18)29-32-16-25(35-29)21-8-4-19(5-9-21)20-6-10-22(11-7-20)26-17-33-30(36-26)28-23-12-13-24(15-23)34-28/h4-11,16-17,23-24,27-28,31,34H,1-3,12-15H2,(H,32,35)(H,33,36)/t23-,24+,27-,28-/m0/s1. The summed E-state index contributed by atoms with van der Waals surface area (Å²) in [5.74, 6) is 2.77. The number of hydrogen-bond donors (Lipinski definition) is 4. The Kier molecular flexibility index (Phi) is 5.37. The molecular weight excluding hydrogens is 444 g/mol. The molecule has 4 N–H and O–H groups in total. The molecule has 0 amide bonds. The Morgan fingerprint density at radius 2 is 1.36 bits per heavy atom. The van der Waals surface area contributed by atoms with Crippen molar-refractivity contribution in [1.82, 2.24) is 30.6 Å². The van der Waals surface area contributed by atoms with Gasteiger partial charge in [-0.25, -0.2) is 9.97 Å². The van der Waals surface area contributed by atoms with Crippen molar-refractivity contribution in [1.29, 1.82) is 0 Å². The van der Waals surface area contributed by atoms with Crippen LogP contribution in [0.25, 0.3) is 33.6 Å². The lowest BCUT2D eigenvalue weighted by Crippen LogP contribution is -2.29. The second kappa shape index (κ2) is 8.87. The van der Waals surface area contributed by atoms with Gasteiger partial charge >= 0.3 is 0 Å². The largest absolute Gasteiger partial charge is 0.341 e. The van der Waals surface area contributed by atoms with E-state index in [0.29, 0.717) is 12.1 Å². The first-order valence-corrected chi connectivity index (χ1v) is 13.2. The van der Waals surface area contributed by atoms with Crippen molar-refractivity contribution in [3.63, 3.8) is 0 Å². The lowest BCUT2D eigenvalue weighted by Gasteiger charge is -2.24. The summed E-state index contributed by atoms with van der Waals surface area (Å²) >= 11 is 0. The average molecular weight is 477 g/mol. The van der Waals surface area contributed by atoms with E-state index >= 15 is 0 Å². The molecular formula is C30H32N6. The first-order chi connectivity index (χ1) is 17.7. The molecule has 1 saturated carbocycles. The van der Waals surface area contributed by atoms with Gasteiger partial charge in [0.15, 0.2) is 0 Å². The van der Waals surface area contributed by atoms with Gasteiger partial charge in [-0.3, -0.25) is 0 Å². The van der Waals surface area contributed by atoms with Crippen LogP contribution in [-0.4, -0.2) is 32.5 Å². The predicted molar refractivity (Wildman–Crippen MR) is 143 cm³/mol. The van der Waals surface area contributed by atoms with Gasteiger partial charge < -0.3 is 20.6 Å². The van der Waals surface area contributed by atoms with Crippen LogP contribution in [0.1, 0.15) is 55.8 Å². The monoisotopic (exact) mass is 476 g/mol. The maximum Gasteiger partial charge on any atom is 0.127 e. The van der Waals surface area contributed by atoms with Gasteiger partial charge in [-0.2, -0.15) is 0 Å². The van der Waals surface area contributed by atoms with Crippen LogP contribution in [0.5, 0.6) is 0 Å². The molecule has 36 heavy (non-hydrogen) atoms. The van der Waals surface area contributed by atoms with E-state index in [0.717, 1.165) is 53.9 Å². The first kappa shape index (κ1) is 21.8. The maximum absolute atomic E-state index is 4.71. The molecule has 2 aromatic heterocycles. The van der Waals surface area contributed by atoms with Gasteiger partial charge in [0, 0.05) is 6.04 Å². The number of hydrogen-bond acceptors (Lipinski definition) is 4. The van der Waals surface area contributed by atoms with E-state index in [1.807, 2.05) is 12.4 Å². The van der Waals surface area contributed by atoms with Crippen molar-refractivity contribution in [2.45, 2.75) is 50.2 Å². The van der Waals surface area contributed by atoms with Gasteiger partial charge in [0.2, 0.25) is 0 Å². The Labute approximate surface area is 211 Å². The number of rotatable bonds is 5. The second-order valence-corrected chi connectivity index (χ2v) is 10.6. The molecule has 1 aliphatic carbocycles. The van der Waals surface area contributed by atoms with Gasteiger partial charge in [0.05, 0.1) is 35.9 Å². The van der Waals surface area contributed by atoms with Gasteiger partial charge in [-0.15, -0.1) is 0 Å². The first-order valence-electron chi connectivity index (χ1n) is 13.2. The number of imidazole rings is 2. The Morgan fingerprint density at radius 3 is 1.94 bits per heavy atom. The fourth-order valence-corrected chi connectivity index (χ4v) is 6.26. The van der Waals surface area contributed by atoms with Crippen LogP contribution in [0.3, 0.4) is 0 Å². The van der Waals surface area contributed by atoms with Crippen molar-refractivity contribution in [2.75, 3.05) is 6.54 Å². The normalized spacial score (nSPS) is 25.5. The average Bonchev–Trinajstić information content (AvgIpc) is 3.74. The smallest absolute Gasteiger partial charge is 0.127 e. The summed E-state index contributed by atoms with van der Waals surface area (Å²) in [7, 11) is 0. The molecule has 4 heterocycles. The highest BCUT2D eigenvalue weighted by molar-refractivity contribution is 5.71. The number of nitrogens with one attached hydrogen (secondary N) is 4. The third-order valence-corrected chi connectivity index (χ3v) is 8.28. The minimum Gasteiger partial charge on any atom is -0.341 e. The highest BCUT2D eigenvalue weighted by Crippen LogP contribution is 2.42. The van der Waals surface area contributed by atoms with Crippen LogP contribution in [-0.2, 0) is 0 Å². The van der Waals surface area contributed by atoms with E-state index < -0.39 is 0 Å². The molecule has 0 unspecified atom stereocenters. The molecule has 2 aromatic carbocycles. The van der Waals surface area contributed by atoms with Crippen molar-refractivity contribution in [2.24, 2.45) is 5.92 Å². The summed E-state index contributed by atoms with van der Waals surface area (Å²) < 4.78 is 0. The number of benzene rings is 2. The lowest BCUT2D eigenvalue weighted by atomic mass is 9.99. The van der Waals surface area contributed by atoms with Crippen molar-refractivity contribution >= 4 is 0 Å². The zero-order valence-electron chi connectivity index (χ0n) is 20.4. The molecule has 6 heteroatoms. The molecule has 4 atom stereocenters. The summed E-state index contributed by atoms with van der Waals surface area (Å²) in [6.07, 6.45) is 10.0. The summed E-state index contributed by atoms with van der Waals surface area (Å²) in [6, 6.07) is 18.6. The Morgan fingerprint density at radius 1 is 0.750 bits per heavy atom. The van der Waals surface area contributed by atoms with Gasteiger partial charge in [0.25, 0.3) is 0 Å². The fraction of sp³-hybridized carbons (Fsp3) is 0.333. The van der Waals surface area contributed by atoms with Crippen LogP contribution in [0.15, 0.2) is 73.1 Å². The van der Waals surface area contributed by atoms with E-state index in [4.69, 9.17) is 4.98 Å². The van der Waals surface area contributed by atoms with Crippen LogP contribution in [0, 0.1) is 5.92 Å². The zero-order chi connectivity index (χ0) is 24.1. The minimum atomic E-state index is 0.126. The molecule has 0 radical (unpaired) electrons. The van der Waals surface area contributed by atoms with E-state index in [1.165, 1.54) is 41.5 Å². The zero-order valence-corrected chi connectivity index (χ0v) is 20.4. The maximum atomic E-state index is 4.71. The van der Waals surface area contributed by atoms with Gasteiger partial charge in [-0.1, -0.05) is 60.7 Å². The third-order valence-electron chi connectivity index (χ3n) is 8.28. The molecule has 6 nitrogen and oxygen atoms in total. The lowest BCUT2D eigenvalue weighted by molar-refractivity contribution is 0.379. The minimum absolute atomic E-state index is 0.126. The van der Waals surface area contributed by atoms with E-state index in [-0.39, 0.29) is 6.04 Å². The molecule has 182 valence electrons. The van der Waals surface area contributed by atoms with E-state index in [9.17, 15) is 0 Å². The molecule has 2 bridgehead atoms. The van der Waals surface area contributed by atoms with Crippen molar-refractivity contribution in [3.05, 3.63) is 84.7 Å². The molecule has 2 saturated heterocycles. The Hall–Kier alpha value is -3.48.